The van der Waals surface area contributed by atoms with E-state index >= 15 is 0 Å². The molecule has 1 N–H and O–H groups in total. The summed E-state index contributed by atoms with van der Waals surface area (Å²) in [7, 11) is 0. The lowest BCUT2D eigenvalue weighted by molar-refractivity contribution is 0.284. The van der Waals surface area contributed by atoms with Gasteiger partial charge < -0.3 is 9.73 Å². The van der Waals surface area contributed by atoms with Gasteiger partial charge in [0.1, 0.15) is 5.76 Å². The minimum atomic E-state index is 0.558. The molecule has 1 saturated carbocycles. The summed E-state index contributed by atoms with van der Waals surface area (Å²) >= 11 is 0. The molecule has 0 aromatic carbocycles. The van der Waals surface area contributed by atoms with Gasteiger partial charge in [0, 0.05) is 18.0 Å². The normalized spacial score (nSPS) is 25.1. The Morgan fingerprint density at radius 2 is 2.19 bits per heavy atom. The zero-order valence-electron chi connectivity index (χ0n) is 9.87. The van der Waals surface area contributed by atoms with Gasteiger partial charge in [-0.25, -0.2) is 0 Å². The number of aryl methyl sites for hydroxylation is 1. The number of nitrogens with one attached hydrogen (secondary N) is 1. The van der Waals surface area contributed by atoms with E-state index < -0.39 is 0 Å². The molecule has 16 heavy (non-hydrogen) atoms. The molecule has 88 valence electrons. The Kier molecular flexibility index (Phi) is 3.00. The SMILES string of the molecule is c1cc2c(o1)CCCC2NCCC1CCC1. The largest absolute Gasteiger partial charge is 0.469 e. The molecule has 2 aliphatic rings. The minimum absolute atomic E-state index is 0.558. The van der Waals surface area contributed by atoms with E-state index in [4.69, 9.17) is 4.42 Å². The summed E-state index contributed by atoms with van der Waals surface area (Å²) in [6.45, 7) is 1.18. The molecule has 2 nitrogen and oxygen atoms in total. The van der Waals surface area contributed by atoms with E-state index in [9.17, 15) is 0 Å². The molecule has 2 heteroatoms. The monoisotopic (exact) mass is 219 g/mol. The number of hydrogen-bond acceptors (Lipinski definition) is 2. The lowest BCUT2D eigenvalue weighted by Crippen LogP contribution is -2.27. The molecule has 0 radical (unpaired) electrons. The highest BCUT2D eigenvalue weighted by Crippen LogP contribution is 2.32. The van der Waals surface area contributed by atoms with Crippen LogP contribution in [0.1, 0.15) is 55.9 Å². The first kappa shape index (κ1) is 10.4. The first-order valence-corrected chi connectivity index (χ1v) is 6.73. The van der Waals surface area contributed by atoms with Crippen LogP contribution in [0.5, 0.6) is 0 Å². The van der Waals surface area contributed by atoms with Crippen molar-refractivity contribution in [2.75, 3.05) is 6.54 Å². The molecule has 0 spiro atoms. The molecule has 1 aromatic rings. The molecule has 3 rings (SSSR count). The van der Waals surface area contributed by atoms with Crippen molar-refractivity contribution in [1.82, 2.24) is 5.32 Å². The van der Waals surface area contributed by atoms with E-state index in [1.807, 2.05) is 6.26 Å². The second-order valence-corrected chi connectivity index (χ2v) is 5.28. The summed E-state index contributed by atoms with van der Waals surface area (Å²) in [6.07, 6.45) is 11.3. The third-order valence-electron chi connectivity index (χ3n) is 4.22. The third kappa shape index (κ3) is 2.03. The second-order valence-electron chi connectivity index (χ2n) is 5.28. The van der Waals surface area contributed by atoms with E-state index in [-0.39, 0.29) is 0 Å². The molecule has 0 amide bonds. The molecule has 1 aromatic heterocycles. The summed E-state index contributed by atoms with van der Waals surface area (Å²) in [5.41, 5.74) is 1.42. The summed E-state index contributed by atoms with van der Waals surface area (Å²) in [6, 6.07) is 2.71. The van der Waals surface area contributed by atoms with E-state index in [1.165, 1.54) is 56.4 Å². The number of fused-ring (bicyclic) bond motifs is 1. The third-order valence-corrected chi connectivity index (χ3v) is 4.22. The van der Waals surface area contributed by atoms with Gasteiger partial charge in [-0.3, -0.25) is 0 Å². The van der Waals surface area contributed by atoms with E-state index in [1.54, 1.807) is 0 Å². The van der Waals surface area contributed by atoms with Crippen LogP contribution in [-0.4, -0.2) is 6.54 Å². The van der Waals surface area contributed by atoms with Crippen molar-refractivity contribution in [3.63, 3.8) is 0 Å². The van der Waals surface area contributed by atoms with Crippen LogP contribution in [0.3, 0.4) is 0 Å². The molecule has 1 atom stereocenters. The molecule has 1 fully saturated rings. The van der Waals surface area contributed by atoms with Crippen LogP contribution >= 0.6 is 0 Å². The average Bonchev–Trinajstić information content (AvgIpc) is 2.70. The van der Waals surface area contributed by atoms with Crippen LogP contribution in [0.2, 0.25) is 0 Å². The highest BCUT2D eigenvalue weighted by Gasteiger charge is 2.23. The van der Waals surface area contributed by atoms with Crippen LogP contribution in [0.4, 0.5) is 0 Å². The van der Waals surface area contributed by atoms with Crippen LogP contribution in [-0.2, 0) is 6.42 Å². The Labute approximate surface area is 97.4 Å². The van der Waals surface area contributed by atoms with Gasteiger partial charge in [0.2, 0.25) is 0 Å². The Hall–Kier alpha value is -0.760. The van der Waals surface area contributed by atoms with Gasteiger partial charge in [-0.15, -0.1) is 0 Å². The number of rotatable bonds is 4. The first-order valence-electron chi connectivity index (χ1n) is 6.73. The summed E-state index contributed by atoms with van der Waals surface area (Å²) in [4.78, 5) is 0. The molecule has 2 aliphatic carbocycles. The summed E-state index contributed by atoms with van der Waals surface area (Å²) < 4.78 is 5.51. The van der Waals surface area contributed by atoms with Gasteiger partial charge in [0.15, 0.2) is 0 Å². The standard InChI is InChI=1S/C14H21NO/c1-3-11(4-1)7-9-15-13-5-2-6-14-12(13)8-10-16-14/h8,10-11,13,15H,1-7,9H2. The number of hydrogen-bond donors (Lipinski definition) is 1. The lowest BCUT2D eigenvalue weighted by atomic mass is 9.83. The Bertz CT molecular complexity index is 340. The molecule has 0 aliphatic heterocycles. The van der Waals surface area contributed by atoms with Crippen molar-refractivity contribution in [2.24, 2.45) is 5.92 Å². The fraction of sp³-hybridized carbons (Fsp3) is 0.714. The topological polar surface area (TPSA) is 25.2 Å². The fourth-order valence-electron chi connectivity index (χ4n) is 2.94. The van der Waals surface area contributed by atoms with Gasteiger partial charge in [-0.2, -0.15) is 0 Å². The van der Waals surface area contributed by atoms with Crippen molar-refractivity contribution in [3.05, 3.63) is 23.7 Å². The molecule has 1 unspecified atom stereocenters. The lowest BCUT2D eigenvalue weighted by Gasteiger charge is -2.27. The zero-order chi connectivity index (χ0) is 10.8. The van der Waals surface area contributed by atoms with Crippen LogP contribution < -0.4 is 5.32 Å². The maximum Gasteiger partial charge on any atom is 0.108 e. The van der Waals surface area contributed by atoms with Gasteiger partial charge in [0.25, 0.3) is 0 Å². The Balaban J connectivity index is 1.51. The Morgan fingerprint density at radius 1 is 1.25 bits per heavy atom. The van der Waals surface area contributed by atoms with Gasteiger partial charge in [0.05, 0.1) is 6.26 Å². The Morgan fingerprint density at radius 3 is 3.00 bits per heavy atom. The highest BCUT2D eigenvalue weighted by molar-refractivity contribution is 5.23. The van der Waals surface area contributed by atoms with E-state index in [0.29, 0.717) is 6.04 Å². The summed E-state index contributed by atoms with van der Waals surface area (Å²) in [5.74, 6) is 2.23. The maximum atomic E-state index is 5.51. The predicted molar refractivity (Wildman–Crippen MR) is 64.3 cm³/mol. The fourth-order valence-corrected chi connectivity index (χ4v) is 2.94. The van der Waals surface area contributed by atoms with Crippen LogP contribution in [0.25, 0.3) is 0 Å². The van der Waals surface area contributed by atoms with Crippen molar-refractivity contribution in [2.45, 2.75) is 51.0 Å². The van der Waals surface area contributed by atoms with Crippen LogP contribution in [0, 0.1) is 5.92 Å². The highest BCUT2D eigenvalue weighted by atomic mass is 16.3. The maximum absolute atomic E-state index is 5.51. The van der Waals surface area contributed by atoms with E-state index in [2.05, 4.69) is 11.4 Å². The quantitative estimate of drug-likeness (QED) is 0.839. The summed E-state index contributed by atoms with van der Waals surface area (Å²) in [5, 5.41) is 3.70. The average molecular weight is 219 g/mol. The molecule has 1 heterocycles. The van der Waals surface area contributed by atoms with Crippen molar-refractivity contribution in [1.29, 1.82) is 0 Å². The van der Waals surface area contributed by atoms with Crippen molar-refractivity contribution >= 4 is 0 Å². The predicted octanol–water partition coefficient (Wildman–Crippen LogP) is 3.44. The van der Waals surface area contributed by atoms with E-state index in [0.717, 1.165) is 12.3 Å². The second kappa shape index (κ2) is 4.62. The first-order chi connectivity index (χ1) is 7.93. The number of furan rings is 1. The smallest absolute Gasteiger partial charge is 0.108 e. The molecular weight excluding hydrogens is 198 g/mol. The van der Waals surface area contributed by atoms with Gasteiger partial charge in [-0.1, -0.05) is 19.3 Å². The molecular formula is C14H21NO. The van der Waals surface area contributed by atoms with Gasteiger partial charge >= 0.3 is 0 Å². The van der Waals surface area contributed by atoms with Crippen molar-refractivity contribution in [3.8, 4) is 0 Å². The molecule has 0 bridgehead atoms. The zero-order valence-corrected chi connectivity index (χ0v) is 9.87. The van der Waals surface area contributed by atoms with Crippen LogP contribution in [0.15, 0.2) is 16.7 Å². The van der Waals surface area contributed by atoms with Gasteiger partial charge in [-0.05, 0) is 37.8 Å². The minimum Gasteiger partial charge on any atom is -0.469 e. The van der Waals surface area contributed by atoms with Crippen molar-refractivity contribution < 1.29 is 4.42 Å². The molecule has 0 saturated heterocycles.